The molecule has 0 amide bonds. The van der Waals surface area contributed by atoms with Crippen LogP contribution in [0, 0.1) is 5.82 Å². The molecule has 0 heterocycles. The SMILES string of the molecule is NCC1(Sc2cccc(F)c2)CC1. The van der Waals surface area contributed by atoms with Gasteiger partial charge in [-0.25, -0.2) is 4.39 Å². The summed E-state index contributed by atoms with van der Waals surface area (Å²) >= 11 is 1.71. The van der Waals surface area contributed by atoms with Crippen molar-refractivity contribution in [2.45, 2.75) is 22.5 Å². The number of thioether (sulfide) groups is 1. The molecule has 1 fully saturated rings. The Bertz CT molecular complexity index is 310. The Labute approximate surface area is 81.5 Å². The van der Waals surface area contributed by atoms with Crippen molar-refractivity contribution in [1.29, 1.82) is 0 Å². The van der Waals surface area contributed by atoms with Gasteiger partial charge in [-0.05, 0) is 31.0 Å². The van der Waals surface area contributed by atoms with Gasteiger partial charge in [-0.3, -0.25) is 0 Å². The van der Waals surface area contributed by atoms with E-state index < -0.39 is 0 Å². The van der Waals surface area contributed by atoms with Gasteiger partial charge < -0.3 is 5.73 Å². The van der Waals surface area contributed by atoms with Crippen LogP contribution in [0.5, 0.6) is 0 Å². The van der Waals surface area contributed by atoms with Crippen LogP contribution in [0.3, 0.4) is 0 Å². The second-order valence-corrected chi connectivity index (χ2v) is 4.99. The van der Waals surface area contributed by atoms with E-state index in [0.29, 0.717) is 6.54 Å². The molecule has 0 aromatic heterocycles. The van der Waals surface area contributed by atoms with Gasteiger partial charge in [0.25, 0.3) is 0 Å². The lowest BCUT2D eigenvalue weighted by Gasteiger charge is -2.11. The molecular weight excluding hydrogens is 185 g/mol. The smallest absolute Gasteiger partial charge is 0.124 e. The lowest BCUT2D eigenvalue weighted by Crippen LogP contribution is -2.17. The predicted octanol–water partition coefficient (Wildman–Crippen LogP) is 2.41. The quantitative estimate of drug-likeness (QED) is 0.805. The number of hydrogen-bond acceptors (Lipinski definition) is 2. The molecule has 2 N–H and O–H groups in total. The summed E-state index contributed by atoms with van der Waals surface area (Å²) in [5.74, 6) is -0.169. The van der Waals surface area contributed by atoms with Crippen LogP contribution in [-0.4, -0.2) is 11.3 Å². The van der Waals surface area contributed by atoms with Crippen LogP contribution in [0.25, 0.3) is 0 Å². The third kappa shape index (κ3) is 2.03. The fraction of sp³-hybridized carbons (Fsp3) is 0.400. The van der Waals surface area contributed by atoms with Gasteiger partial charge in [-0.1, -0.05) is 6.07 Å². The molecule has 0 radical (unpaired) electrons. The van der Waals surface area contributed by atoms with Crippen molar-refractivity contribution < 1.29 is 4.39 Å². The first-order valence-electron chi connectivity index (χ1n) is 4.39. The summed E-state index contributed by atoms with van der Waals surface area (Å²) in [7, 11) is 0. The second kappa shape index (κ2) is 3.31. The average Bonchev–Trinajstić information content (AvgIpc) is 2.86. The predicted molar refractivity (Wildman–Crippen MR) is 53.3 cm³/mol. The highest BCUT2D eigenvalue weighted by atomic mass is 32.2. The number of rotatable bonds is 3. The summed E-state index contributed by atoms with van der Waals surface area (Å²) in [6, 6.07) is 6.71. The second-order valence-electron chi connectivity index (χ2n) is 3.45. The highest BCUT2D eigenvalue weighted by Gasteiger charge is 2.42. The number of halogens is 1. The maximum atomic E-state index is 12.8. The first-order chi connectivity index (χ1) is 6.24. The van der Waals surface area contributed by atoms with Crippen LogP contribution < -0.4 is 5.73 Å². The van der Waals surface area contributed by atoms with E-state index in [-0.39, 0.29) is 10.6 Å². The summed E-state index contributed by atoms with van der Waals surface area (Å²) in [5.41, 5.74) is 5.64. The monoisotopic (exact) mass is 197 g/mol. The highest BCUT2D eigenvalue weighted by Crippen LogP contribution is 2.50. The number of nitrogens with two attached hydrogens (primary N) is 1. The summed E-state index contributed by atoms with van der Waals surface area (Å²) in [6.07, 6.45) is 2.31. The average molecular weight is 197 g/mol. The van der Waals surface area contributed by atoms with Gasteiger partial charge in [0.2, 0.25) is 0 Å². The van der Waals surface area contributed by atoms with Crippen molar-refractivity contribution >= 4 is 11.8 Å². The minimum Gasteiger partial charge on any atom is -0.329 e. The summed E-state index contributed by atoms with van der Waals surface area (Å²) in [4.78, 5) is 0.989. The van der Waals surface area contributed by atoms with E-state index in [1.807, 2.05) is 6.07 Å². The molecule has 0 saturated heterocycles. The first-order valence-corrected chi connectivity index (χ1v) is 5.20. The molecule has 0 unspecified atom stereocenters. The van der Waals surface area contributed by atoms with Crippen molar-refractivity contribution in [2.24, 2.45) is 5.73 Å². The van der Waals surface area contributed by atoms with Gasteiger partial charge in [0.1, 0.15) is 5.82 Å². The molecule has 0 spiro atoms. The van der Waals surface area contributed by atoms with Gasteiger partial charge in [-0.2, -0.15) is 0 Å². The molecule has 1 aromatic rings. The van der Waals surface area contributed by atoms with Crippen LogP contribution in [0.4, 0.5) is 4.39 Å². The lowest BCUT2D eigenvalue weighted by molar-refractivity contribution is 0.624. The van der Waals surface area contributed by atoms with Gasteiger partial charge in [0, 0.05) is 16.2 Å². The Morgan fingerprint density at radius 1 is 1.46 bits per heavy atom. The van der Waals surface area contributed by atoms with Crippen molar-refractivity contribution in [3.05, 3.63) is 30.1 Å². The van der Waals surface area contributed by atoms with Crippen molar-refractivity contribution in [2.75, 3.05) is 6.54 Å². The van der Waals surface area contributed by atoms with Crippen LogP contribution in [0.15, 0.2) is 29.2 Å². The minimum atomic E-state index is -0.169. The standard InChI is InChI=1S/C10H12FNS/c11-8-2-1-3-9(6-8)13-10(7-12)4-5-10/h1-3,6H,4-5,7,12H2. The molecule has 0 atom stereocenters. The zero-order chi connectivity index (χ0) is 9.31. The molecule has 0 aliphatic heterocycles. The molecule has 13 heavy (non-hydrogen) atoms. The van der Waals surface area contributed by atoms with Gasteiger partial charge in [0.15, 0.2) is 0 Å². The Balaban J connectivity index is 2.09. The Morgan fingerprint density at radius 3 is 2.77 bits per heavy atom. The Morgan fingerprint density at radius 2 is 2.23 bits per heavy atom. The molecule has 1 aliphatic rings. The van der Waals surface area contributed by atoms with Gasteiger partial charge >= 0.3 is 0 Å². The largest absolute Gasteiger partial charge is 0.329 e. The molecular formula is C10H12FNS. The van der Waals surface area contributed by atoms with Gasteiger partial charge in [0.05, 0.1) is 0 Å². The molecule has 0 bridgehead atoms. The molecule has 2 rings (SSSR count). The zero-order valence-corrected chi connectivity index (χ0v) is 8.11. The van der Waals surface area contributed by atoms with Crippen molar-refractivity contribution in [3.63, 3.8) is 0 Å². The molecule has 1 aromatic carbocycles. The fourth-order valence-corrected chi connectivity index (χ4v) is 2.48. The first kappa shape index (κ1) is 9.03. The van der Waals surface area contributed by atoms with Crippen LogP contribution >= 0.6 is 11.8 Å². The normalized spacial score (nSPS) is 18.6. The highest BCUT2D eigenvalue weighted by molar-refractivity contribution is 8.01. The van der Waals surface area contributed by atoms with Crippen LogP contribution in [0.1, 0.15) is 12.8 Å². The topological polar surface area (TPSA) is 26.0 Å². The molecule has 1 saturated carbocycles. The minimum absolute atomic E-state index is 0.169. The maximum absolute atomic E-state index is 12.8. The zero-order valence-electron chi connectivity index (χ0n) is 7.29. The molecule has 1 nitrogen and oxygen atoms in total. The Hall–Kier alpha value is -0.540. The van der Waals surface area contributed by atoms with E-state index in [1.54, 1.807) is 23.9 Å². The van der Waals surface area contributed by atoms with Crippen molar-refractivity contribution in [1.82, 2.24) is 0 Å². The van der Waals surface area contributed by atoms with E-state index in [2.05, 4.69) is 0 Å². The van der Waals surface area contributed by atoms with E-state index in [4.69, 9.17) is 5.73 Å². The van der Waals surface area contributed by atoms with Crippen LogP contribution in [0.2, 0.25) is 0 Å². The number of benzene rings is 1. The lowest BCUT2D eigenvalue weighted by atomic mass is 10.3. The molecule has 70 valence electrons. The Kier molecular flexibility index (Phi) is 2.30. The molecule has 1 aliphatic carbocycles. The number of hydrogen-bond donors (Lipinski definition) is 1. The third-order valence-electron chi connectivity index (χ3n) is 2.31. The van der Waals surface area contributed by atoms with E-state index in [1.165, 1.54) is 6.07 Å². The molecule has 3 heteroatoms. The summed E-state index contributed by atoms with van der Waals surface area (Å²) < 4.78 is 13.0. The van der Waals surface area contributed by atoms with Crippen molar-refractivity contribution in [3.8, 4) is 0 Å². The van der Waals surface area contributed by atoms with Crippen LogP contribution in [-0.2, 0) is 0 Å². The van der Waals surface area contributed by atoms with E-state index in [0.717, 1.165) is 17.7 Å². The third-order valence-corrected chi connectivity index (χ3v) is 3.81. The van der Waals surface area contributed by atoms with Gasteiger partial charge in [-0.15, -0.1) is 11.8 Å². The fourth-order valence-electron chi connectivity index (χ4n) is 1.27. The van der Waals surface area contributed by atoms with E-state index in [9.17, 15) is 4.39 Å². The maximum Gasteiger partial charge on any atom is 0.124 e. The van der Waals surface area contributed by atoms with E-state index >= 15 is 0 Å². The summed E-state index contributed by atoms with van der Waals surface area (Å²) in [5, 5.41) is 0. The summed E-state index contributed by atoms with van der Waals surface area (Å²) in [6.45, 7) is 0.689.